The van der Waals surface area contributed by atoms with E-state index in [2.05, 4.69) is 17.6 Å². The normalized spacial score (nSPS) is 24.9. The second kappa shape index (κ2) is 10.8. The second-order valence-corrected chi connectivity index (χ2v) is 6.89. The summed E-state index contributed by atoms with van der Waals surface area (Å²) in [5.41, 5.74) is -0.0669. The van der Waals surface area contributed by atoms with Gasteiger partial charge in [-0.15, -0.1) is 0 Å². The van der Waals surface area contributed by atoms with Gasteiger partial charge in [-0.25, -0.2) is 0 Å². The van der Waals surface area contributed by atoms with Crippen molar-refractivity contribution >= 4 is 12.2 Å². The van der Waals surface area contributed by atoms with E-state index in [0.29, 0.717) is 12.3 Å². The average molecular weight is 310 g/mol. The molecule has 0 aromatic heterocycles. The Labute approximate surface area is 135 Å². The molecule has 0 unspecified atom stereocenters. The summed E-state index contributed by atoms with van der Waals surface area (Å²) in [4.78, 5) is 23.2. The van der Waals surface area contributed by atoms with Crippen LogP contribution in [-0.4, -0.2) is 32.3 Å². The SMILES string of the molecule is CCCC1(C=O)CCC(CNC(=O)CCCCCNC)CC1. The van der Waals surface area contributed by atoms with Crippen molar-refractivity contribution in [3.8, 4) is 0 Å². The molecule has 1 aliphatic rings. The van der Waals surface area contributed by atoms with Crippen LogP contribution in [0.15, 0.2) is 0 Å². The molecule has 22 heavy (non-hydrogen) atoms. The van der Waals surface area contributed by atoms with Crippen LogP contribution in [-0.2, 0) is 9.59 Å². The molecule has 0 radical (unpaired) electrons. The number of unbranched alkanes of at least 4 members (excludes halogenated alkanes) is 2. The maximum atomic E-state index is 11.8. The summed E-state index contributed by atoms with van der Waals surface area (Å²) < 4.78 is 0. The molecule has 0 heterocycles. The van der Waals surface area contributed by atoms with Gasteiger partial charge in [0, 0.05) is 18.4 Å². The van der Waals surface area contributed by atoms with E-state index in [0.717, 1.165) is 70.9 Å². The van der Waals surface area contributed by atoms with Crippen LogP contribution in [0.3, 0.4) is 0 Å². The van der Waals surface area contributed by atoms with Gasteiger partial charge in [0.25, 0.3) is 0 Å². The molecule has 0 aliphatic heterocycles. The number of hydrogen-bond acceptors (Lipinski definition) is 3. The van der Waals surface area contributed by atoms with E-state index < -0.39 is 0 Å². The van der Waals surface area contributed by atoms with Gasteiger partial charge in [-0.3, -0.25) is 4.79 Å². The van der Waals surface area contributed by atoms with Crippen LogP contribution in [0.2, 0.25) is 0 Å². The predicted molar refractivity (Wildman–Crippen MR) is 90.8 cm³/mol. The van der Waals surface area contributed by atoms with Crippen molar-refractivity contribution in [3.63, 3.8) is 0 Å². The lowest BCUT2D eigenvalue weighted by molar-refractivity contribution is -0.122. The second-order valence-electron chi connectivity index (χ2n) is 6.89. The number of hydrogen-bond donors (Lipinski definition) is 2. The summed E-state index contributed by atoms with van der Waals surface area (Å²) >= 11 is 0. The predicted octanol–water partition coefficient (Wildman–Crippen LogP) is 3.06. The number of carbonyl (C=O) groups excluding carboxylic acids is 2. The van der Waals surface area contributed by atoms with Crippen LogP contribution in [0.4, 0.5) is 0 Å². The molecule has 128 valence electrons. The molecule has 0 saturated heterocycles. The van der Waals surface area contributed by atoms with Crippen LogP contribution in [0, 0.1) is 11.3 Å². The Hall–Kier alpha value is -0.900. The van der Waals surface area contributed by atoms with Crippen LogP contribution in [0.5, 0.6) is 0 Å². The molecule has 0 atom stereocenters. The molecular formula is C18H34N2O2. The maximum Gasteiger partial charge on any atom is 0.220 e. The largest absolute Gasteiger partial charge is 0.356 e. The zero-order valence-electron chi connectivity index (χ0n) is 14.5. The molecule has 4 nitrogen and oxygen atoms in total. The molecular weight excluding hydrogens is 276 g/mol. The Bertz CT molecular complexity index is 323. The van der Waals surface area contributed by atoms with Gasteiger partial charge in [0.15, 0.2) is 0 Å². The highest BCUT2D eigenvalue weighted by Gasteiger charge is 2.34. The number of nitrogens with one attached hydrogen (secondary N) is 2. The van der Waals surface area contributed by atoms with E-state index in [1.165, 1.54) is 6.29 Å². The molecule has 1 rings (SSSR count). The van der Waals surface area contributed by atoms with Gasteiger partial charge in [-0.05, 0) is 64.5 Å². The first-order valence-electron chi connectivity index (χ1n) is 9.03. The van der Waals surface area contributed by atoms with Crippen molar-refractivity contribution in [2.24, 2.45) is 11.3 Å². The number of carbonyl (C=O) groups is 2. The average Bonchev–Trinajstić information content (AvgIpc) is 2.54. The fraction of sp³-hybridized carbons (Fsp3) is 0.889. The molecule has 0 spiro atoms. The van der Waals surface area contributed by atoms with Crippen molar-refractivity contribution in [2.45, 2.75) is 71.1 Å². The van der Waals surface area contributed by atoms with Crippen molar-refractivity contribution in [1.29, 1.82) is 0 Å². The van der Waals surface area contributed by atoms with Crippen molar-refractivity contribution < 1.29 is 9.59 Å². The Kier molecular flexibility index (Phi) is 9.37. The monoisotopic (exact) mass is 310 g/mol. The minimum atomic E-state index is -0.0669. The summed E-state index contributed by atoms with van der Waals surface area (Å²) in [7, 11) is 1.96. The number of aldehydes is 1. The molecule has 0 aromatic carbocycles. The third-order valence-electron chi connectivity index (χ3n) is 5.02. The Morgan fingerprint density at radius 2 is 1.95 bits per heavy atom. The van der Waals surface area contributed by atoms with Gasteiger partial charge in [0.05, 0.1) is 0 Å². The maximum absolute atomic E-state index is 11.8. The fourth-order valence-electron chi connectivity index (χ4n) is 3.49. The van der Waals surface area contributed by atoms with Crippen LogP contribution in [0.25, 0.3) is 0 Å². The highest BCUT2D eigenvalue weighted by Crippen LogP contribution is 2.40. The smallest absolute Gasteiger partial charge is 0.220 e. The molecule has 1 aliphatic carbocycles. The topological polar surface area (TPSA) is 58.2 Å². The van der Waals surface area contributed by atoms with Gasteiger partial charge in [-0.1, -0.05) is 19.8 Å². The Balaban J connectivity index is 2.13. The molecule has 1 saturated carbocycles. The molecule has 2 N–H and O–H groups in total. The summed E-state index contributed by atoms with van der Waals surface area (Å²) in [5.74, 6) is 0.739. The minimum absolute atomic E-state index is 0.0669. The third-order valence-corrected chi connectivity index (χ3v) is 5.02. The number of amides is 1. The quantitative estimate of drug-likeness (QED) is 0.455. The van der Waals surface area contributed by atoms with Crippen molar-refractivity contribution in [1.82, 2.24) is 10.6 Å². The number of rotatable bonds is 11. The van der Waals surface area contributed by atoms with E-state index in [1.54, 1.807) is 0 Å². The van der Waals surface area contributed by atoms with Gasteiger partial charge in [0.1, 0.15) is 6.29 Å². The first-order chi connectivity index (χ1) is 10.7. The molecule has 0 aromatic rings. The zero-order valence-corrected chi connectivity index (χ0v) is 14.5. The summed E-state index contributed by atoms with van der Waals surface area (Å²) in [6.07, 6.45) is 11.3. The van der Waals surface area contributed by atoms with E-state index in [9.17, 15) is 9.59 Å². The Morgan fingerprint density at radius 3 is 2.55 bits per heavy atom. The Morgan fingerprint density at radius 1 is 1.23 bits per heavy atom. The fourth-order valence-corrected chi connectivity index (χ4v) is 3.49. The summed E-state index contributed by atoms with van der Waals surface area (Å²) in [6.45, 7) is 3.96. The lowest BCUT2D eigenvalue weighted by Crippen LogP contribution is -2.35. The van der Waals surface area contributed by atoms with E-state index >= 15 is 0 Å². The van der Waals surface area contributed by atoms with Crippen LogP contribution in [0.1, 0.15) is 71.1 Å². The highest BCUT2D eigenvalue weighted by molar-refractivity contribution is 5.75. The standard InChI is InChI=1S/C18H34N2O2/c1-3-10-18(15-21)11-8-16(9-12-18)14-20-17(22)7-5-4-6-13-19-2/h15-16,19H,3-14H2,1-2H3,(H,20,22). The first kappa shape index (κ1) is 19.1. The van der Waals surface area contributed by atoms with Crippen molar-refractivity contribution in [3.05, 3.63) is 0 Å². The van der Waals surface area contributed by atoms with E-state index in [-0.39, 0.29) is 11.3 Å². The van der Waals surface area contributed by atoms with Gasteiger partial charge in [0.2, 0.25) is 5.91 Å². The van der Waals surface area contributed by atoms with Gasteiger partial charge < -0.3 is 15.4 Å². The molecule has 1 fully saturated rings. The zero-order chi connectivity index (χ0) is 16.3. The van der Waals surface area contributed by atoms with Gasteiger partial charge in [-0.2, -0.15) is 0 Å². The van der Waals surface area contributed by atoms with E-state index in [1.807, 2.05) is 7.05 Å². The van der Waals surface area contributed by atoms with Crippen LogP contribution < -0.4 is 10.6 Å². The summed E-state index contributed by atoms with van der Waals surface area (Å²) in [5, 5.41) is 6.20. The molecule has 0 bridgehead atoms. The lowest BCUT2D eigenvalue weighted by Gasteiger charge is -2.36. The van der Waals surface area contributed by atoms with Gasteiger partial charge >= 0.3 is 0 Å². The molecule has 1 amide bonds. The summed E-state index contributed by atoms with van der Waals surface area (Å²) in [6, 6.07) is 0. The third kappa shape index (κ3) is 6.91. The highest BCUT2D eigenvalue weighted by atomic mass is 16.1. The minimum Gasteiger partial charge on any atom is -0.356 e. The van der Waals surface area contributed by atoms with E-state index in [4.69, 9.17) is 0 Å². The first-order valence-corrected chi connectivity index (χ1v) is 9.03. The lowest BCUT2D eigenvalue weighted by atomic mass is 9.69. The van der Waals surface area contributed by atoms with Crippen molar-refractivity contribution in [2.75, 3.05) is 20.1 Å². The van der Waals surface area contributed by atoms with Crippen LogP contribution >= 0.6 is 0 Å². The molecule has 4 heteroatoms.